The zero-order valence-corrected chi connectivity index (χ0v) is 15.9. The van der Waals surface area contributed by atoms with Crippen LogP contribution >= 0.6 is 0 Å². The zero-order chi connectivity index (χ0) is 20.5. The number of aromatic amines is 1. The Morgan fingerprint density at radius 1 is 0.800 bits per heavy atom. The van der Waals surface area contributed by atoms with Gasteiger partial charge in [-0.15, -0.1) is 0 Å². The van der Waals surface area contributed by atoms with Crippen LogP contribution in [-0.2, 0) is 0 Å². The van der Waals surface area contributed by atoms with Crippen molar-refractivity contribution in [1.29, 1.82) is 5.26 Å². The van der Waals surface area contributed by atoms with Gasteiger partial charge in [-0.3, -0.25) is 0 Å². The van der Waals surface area contributed by atoms with Crippen LogP contribution in [0.2, 0.25) is 0 Å². The largest absolute Gasteiger partial charge is 0.360 e. The Hall–Kier alpha value is -4.23. The van der Waals surface area contributed by atoms with E-state index in [4.69, 9.17) is 4.98 Å². The van der Waals surface area contributed by atoms with Crippen LogP contribution in [0.15, 0.2) is 91.1 Å². The molecule has 30 heavy (non-hydrogen) atoms. The predicted molar refractivity (Wildman–Crippen MR) is 117 cm³/mol. The summed E-state index contributed by atoms with van der Waals surface area (Å²) in [5.41, 5.74) is 6.12. The molecule has 0 unspecified atom stereocenters. The number of aromatic nitrogens is 2. The number of benzene rings is 3. The average Bonchev–Trinajstić information content (AvgIpc) is 3.23. The molecule has 0 spiro atoms. The maximum atomic E-state index is 13.5. The van der Waals surface area contributed by atoms with Crippen LogP contribution in [0, 0.1) is 17.1 Å². The first-order valence-corrected chi connectivity index (χ1v) is 9.57. The molecule has 1 N–H and O–H groups in total. The van der Waals surface area contributed by atoms with Crippen LogP contribution < -0.4 is 0 Å². The van der Waals surface area contributed by atoms with Crippen LogP contribution in [0.25, 0.3) is 44.5 Å². The summed E-state index contributed by atoms with van der Waals surface area (Å²) in [4.78, 5) is 8.16. The van der Waals surface area contributed by atoms with Crippen molar-refractivity contribution in [2.45, 2.75) is 0 Å². The predicted octanol–water partition coefficient (Wildman–Crippen LogP) is 6.57. The number of nitrogens with one attached hydrogen (secondary N) is 1. The quantitative estimate of drug-likeness (QED) is 0.379. The molecule has 2 aromatic heterocycles. The smallest absolute Gasteiger partial charge is 0.123 e. The average molecular weight is 389 g/mol. The van der Waals surface area contributed by atoms with Crippen molar-refractivity contribution in [1.82, 2.24) is 9.97 Å². The van der Waals surface area contributed by atoms with Gasteiger partial charge in [-0.1, -0.05) is 60.7 Å². The normalized spacial score (nSPS) is 10.8. The molecular weight excluding hydrogens is 373 g/mol. The number of nitrogens with zero attached hydrogens (tertiary/aromatic N) is 2. The van der Waals surface area contributed by atoms with Gasteiger partial charge < -0.3 is 4.98 Å². The molecule has 3 nitrogen and oxygen atoms in total. The van der Waals surface area contributed by atoms with Gasteiger partial charge in [0.05, 0.1) is 17.0 Å². The summed E-state index contributed by atoms with van der Waals surface area (Å²) in [6, 6.07) is 28.2. The third kappa shape index (κ3) is 3.03. The molecule has 0 bridgehead atoms. The molecule has 3 aromatic carbocycles. The van der Waals surface area contributed by atoms with Gasteiger partial charge in [0.15, 0.2) is 0 Å². The summed E-state index contributed by atoms with van der Waals surface area (Å²) in [7, 11) is 0. The second-order valence-corrected chi connectivity index (χ2v) is 7.01. The number of fused-ring (bicyclic) bond motifs is 1. The molecule has 142 valence electrons. The van der Waals surface area contributed by atoms with E-state index in [1.165, 1.54) is 12.1 Å². The molecule has 0 fully saturated rings. The summed E-state index contributed by atoms with van der Waals surface area (Å²) >= 11 is 0. The van der Waals surface area contributed by atoms with E-state index in [1.807, 2.05) is 66.9 Å². The molecule has 5 rings (SSSR count). The van der Waals surface area contributed by atoms with Crippen LogP contribution in [0.3, 0.4) is 0 Å². The monoisotopic (exact) mass is 389 g/mol. The zero-order valence-electron chi connectivity index (χ0n) is 15.9. The summed E-state index contributed by atoms with van der Waals surface area (Å²) in [6.07, 6.45) is 1.89. The fourth-order valence-corrected chi connectivity index (χ4v) is 3.73. The number of halogens is 1. The second-order valence-electron chi connectivity index (χ2n) is 7.01. The molecule has 4 heteroatoms. The first kappa shape index (κ1) is 17.8. The molecule has 0 aliphatic rings. The molecule has 0 saturated carbocycles. The molecule has 0 amide bonds. The Morgan fingerprint density at radius 2 is 1.53 bits per heavy atom. The van der Waals surface area contributed by atoms with Crippen molar-refractivity contribution in [3.05, 3.63) is 103 Å². The molecule has 0 saturated heterocycles. The molecule has 0 aliphatic carbocycles. The first-order valence-electron chi connectivity index (χ1n) is 9.57. The summed E-state index contributed by atoms with van der Waals surface area (Å²) in [5.74, 6) is -0.313. The lowest BCUT2D eigenvalue weighted by atomic mass is 9.94. The van der Waals surface area contributed by atoms with E-state index >= 15 is 0 Å². The van der Waals surface area contributed by atoms with E-state index in [0.717, 1.165) is 38.9 Å². The number of H-pyrrole nitrogens is 1. The number of hydrogen-bond acceptors (Lipinski definition) is 2. The summed E-state index contributed by atoms with van der Waals surface area (Å²) in [6.45, 7) is 0. The maximum absolute atomic E-state index is 13.5. The van der Waals surface area contributed by atoms with Crippen molar-refractivity contribution in [2.75, 3.05) is 0 Å². The summed E-state index contributed by atoms with van der Waals surface area (Å²) < 4.78 is 13.5. The molecule has 0 atom stereocenters. The Kier molecular flexibility index (Phi) is 4.34. The number of nitriles is 1. The molecular formula is C26H16FN3. The van der Waals surface area contributed by atoms with E-state index in [0.29, 0.717) is 11.3 Å². The molecule has 0 radical (unpaired) electrons. The van der Waals surface area contributed by atoms with E-state index in [2.05, 4.69) is 11.1 Å². The SMILES string of the molecule is N#Cc1c(-c2ccc(F)cc2)cc(-c2ccccc2)nc1-c1c[nH]c2ccccc12. The minimum atomic E-state index is -0.313. The van der Waals surface area contributed by atoms with Crippen LogP contribution in [-0.4, -0.2) is 9.97 Å². The van der Waals surface area contributed by atoms with E-state index in [-0.39, 0.29) is 5.82 Å². The Balaban J connectivity index is 1.84. The van der Waals surface area contributed by atoms with Gasteiger partial charge in [0, 0.05) is 33.8 Å². The van der Waals surface area contributed by atoms with Crippen molar-refractivity contribution in [2.24, 2.45) is 0 Å². The molecule has 0 aliphatic heterocycles. The topological polar surface area (TPSA) is 52.5 Å². The first-order chi connectivity index (χ1) is 14.7. The highest BCUT2D eigenvalue weighted by molar-refractivity contribution is 5.97. The van der Waals surface area contributed by atoms with E-state index in [9.17, 15) is 9.65 Å². The van der Waals surface area contributed by atoms with Gasteiger partial charge in [0.2, 0.25) is 0 Å². The van der Waals surface area contributed by atoms with Gasteiger partial charge >= 0.3 is 0 Å². The maximum Gasteiger partial charge on any atom is 0.123 e. The van der Waals surface area contributed by atoms with Gasteiger partial charge in [0.25, 0.3) is 0 Å². The number of para-hydroxylation sites is 1. The van der Waals surface area contributed by atoms with Gasteiger partial charge in [-0.2, -0.15) is 5.26 Å². The summed E-state index contributed by atoms with van der Waals surface area (Å²) in [5, 5.41) is 11.1. The Bertz CT molecular complexity index is 1390. The lowest BCUT2D eigenvalue weighted by molar-refractivity contribution is 0.628. The molecule has 2 heterocycles. The van der Waals surface area contributed by atoms with Crippen molar-refractivity contribution < 1.29 is 4.39 Å². The Labute approximate surface area is 173 Å². The minimum Gasteiger partial charge on any atom is -0.360 e. The van der Waals surface area contributed by atoms with Gasteiger partial charge in [-0.25, -0.2) is 9.37 Å². The standard InChI is InChI=1S/C26H16FN3/c27-19-12-10-17(11-13-19)21-14-25(18-6-2-1-3-7-18)30-26(22(21)15-28)23-16-29-24-9-5-4-8-20(23)24/h1-14,16,29H. The van der Waals surface area contributed by atoms with Crippen molar-refractivity contribution in [3.8, 4) is 39.7 Å². The fraction of sp³-hybridized carbons (Fsp3) is 0. The number of hydrogen-bond donors (Lipinski definition) is 1. The van der Waals surface area contributed by atoms with Gasteiger partial charge in [0.1, 0.15) is 11.9 Å². The molecule has 5 aromatic rings. The number of rotatable bonds is 3. The van der Waals surface area contributed by atoms with Gasteiger partial charge in [-0.05, 0) is 29.8 Å². The Morgan fingerprint density at radius 3 is 2.30 bits per heavy atom. The van der Waals surface area contributed by atoms with E-state index in [1.54, 1.807) is 12.1 Å². The second kappa shape index (κ2) is 7.31. The van der Waals surface area contributed by atoms with Crippen LogP contribution in [0.5, 0.6) is 0 Å². The van der Waals surface area contributed by atoms with Crippen LogP contribution in [0.1, 0.15) is 5.56 Å². The minimum absolute atomic E-state index is 0.313. The number of pyridine rings is 1. The van der Waals surface area contributed by atoms with E-state index < -0.39 is 0 Å². The third-order valence-corrected chi connectivity index (χ3v) is 5.20. The fourth-order valence-electron chi connectivity index (χ4n) is 3.73. The highest BCUT2D eigenvalue weighted by atomic mass is 19.1. The van der Waals surface area contributed by atoms with Crippen LogP contribution in [0.4, 0.5) is 4.39 Å². The van der Waals surface area contributed by atoms with Crippen molar-refractivity contribution >= 4 is 10.9 Å². The lowest BCUT2D eigenvalue weighted by Crippen LogP contribution is -1.96. The third-order valence-electron chi connectivity index (χ3n) is 5.20. The van der Waals surface area contributed by atoms with Crippen molar-refractivity contribution in [3.63, 3.8) is 0 Å². The highest BCUT2D eigenvalue weighted by Crippen LogP contribution is 2.37. The lowest BCUT2D eigenvalue weighted by Gasteiger charge is -2.13. The highest BCUT2D eigenvalue weighted by Gasteiger charge is 2.19.